The predicted molar refractivity (Wildman–Crippen MR) is 84.2 cm³/mol. The molecule has 22 heavy (non-hydrogen) atoms. The van der Waals surface area contributed by atoms with Crippen LogP contribution in [0.3, 0.4) is 0 Å². The van der Waals surface area contributed by atoms with Crippen molar-refractivity contribution in [3.8, 4) is 16.9 Å². The molecule has 0 aliphatic heterocycles. The largest absolute Gasteiger partial charge is 0.496 e. The second kappa shape index (κ2) is 5.14. The van der Waals surface area contributed by atoms with E-state index in [0.717, 1.165) is 11.1 Å². The van der Waals surface area contributed by atoms with Crippen LogP contribution in [0.25, 0.3) is 21.9 Å². The smallest absolute Gasteiger partial charge is 0.274 e. The van der Waals surface area contributed by atoms with Gasteiger partial charge in [-0.15, -0.1) is 0 Å². The highest BCUT2D eigenvalue weighted by atomic mass is 16.5. The molecule has 2 heterocycles. The Balaban J connectivity index is 2.34. The van der Waals surface area contributed by atoms with Crippen molar-refractivity contribution in [3.63, 3.8) is 0 Å². The van der Waals surface area contributed by atoms with Crippen molar-refractivity contribution in [3.05, 3.63) is 57.4 Å². The SMILES string of the molecule is COc1cc2c(=O)n(C)ncc2cc1-c1ccn(C)c(=O)c1. The Morgan fingerprint density at radius 3 is 2.59 bits per heavy atom. The summed E-state index contributed by atoms with van der Waals surface area (Å²) in [5.41, 5.74) is 1.19. The normalized spacial score (nSPS) is 10.9. The number of rotatable bonds is 2. The molecule has 0 spiro atoms. The van der Waals surface area contributed by atoms with Gasteiger partial charge in [-0.3, -0.25) is 9.59 Å². The van der Waals surface area contributed by atoms with Gasteiger partial charge < -0.3 is 9.30 Å². The number of methoxy groups -OCH3 is 1. The average molecular weight is 297 g/mol. The molecule has 0 aliphatic carbocycles. The fourth-order valence-corrected chi connectivity index (χ4v) is 2.37. The average Bonchev–Trinajstić information content (AvgIpc) is 2.52. The third-order valence-corrected chi connectivity index (χ3v) is 3.68. The highest BCUT2D eigenvalue weighted by molar-refractivity contribution is 5.89. The van der Waals surface area contributed by atoms with E-state index in [4.69, 9.17) is 4.74 Å². The van der Waals surface area contributed by atoms with E-state index in [0.29, 0.717) is 16.5 Å². The van der Waals surface area contributed by atoms with Crippen LogP contribution < -0.4 is 15.9 Å². The first-order chi connectivity index (χ1) is 10.5. The van der Waals surface area contributed by atoms with Crippen molar-refractivity contribution >= 4 is 10.8 Å². The molecule has 112 valence electrons. The van der Waals surface area contributed by atoms with Crippen LogP contribution in [0.4, 0.5) is 0 Å². The van der Waals surface area contributed by atoms with E-state index in [1.165, 1.54) is 22.4 Å². The van der Waals surface area contributed by atoms with Crippen molar-refractivity contribution < 1.29 is 4.74 Å². The molecule has 0 atom stereocenters. The molecule has 6 nitrogen and oxygen atoms in total. The summed E-state index contributed by atoms with van der Waals surface area (Å²) in [6, 6.07) is 6.88. The quantitative estimate of drug-likeness (QED) is 0.715. The number of nitrogens with zero attached hydrogens (tertiary/aromatic N) is 3. The molecular weight excluding hydrogens is 282 g/mol. The zero-order chi connectivity index (χ0) is 15.9. The molecule has 0 radical (unpaired) electrons. The first kappa shape index (κ1) is 14.1. The first-order valence-electron chi connectivity index (χ1n) is 6.72. The molecule has 0 fully saturated rings. The molecule has 0 N–H and O–H groups in total. The van der Waals surface area contributed by atoms with Gasteiger partial charge >= 0.3 is 0 Å². The van der Waals surface area contributed by atoms with E-state index >= 15 is 0 Å². The van der Waals surface area contributed by atoms with Crippen LogP contribution in [-0.4, -0.2) is 21.5 Å². The summed E-state index contributed by atoms with van der Waals surface area (Å²) in [6.45, 7) is 0. The van der Waals surface area contributed by atoms with E-state index in [1.807, 2.05) is 12.1 Å². The molecule has 2 aromatic heterocycles. The second-order valence-corrected chi connectivity index (χ2v) is 5.08. The summed E-state index contributed by atoms with van der Waals surface area (Å²) in [5.74, 6) is 0.545. The molecule has 1 aromatic carbocycles. The molecule has 6 heteroatoms. The van der Waals surface area contributed by atoms with Gasteiger partial charge in [-0.25, -0.2) is 4.68 Å². The molecular formula is C16H15N3O3. The molecule has 0 saturated heterocycles. The highest BCUT2D eigenvalue weighted by Gasteiger charge is 2.11. The van der Waals surface area contributed by atoms with E-state index < -0.39 is 0 Å². The van der Waals surface area contributed by atoms with Crippen molar-refractivity contribution in [1.29, 1.82) is 0 Å². The van der Waals surface area contributed by atoms with Gasteiger partial charge in [0.1, 0.15) is 5.75 Å². The van der Waals surface area contributed by atoms with Crippen molar-refractivity contribution in [2.24, 2.45) is 14.1 Å². The van der Waals surface area contributed by atoms with Crippen LogP contribution in [-0.2, 0) is 14.1 Å². The summed E-state index contributed by atoms with van der Waals surface area (Å²) in [4.78, 5) is 24.0. The molecule has 0 bridgehead atoms. The Kier molecular flexibility index (Phi) is 3.29. The van der Waals surface area contributed by atoms with E-state index in [2.05, 4.69) is 5.10 Å². The van der Waals surface area contributed by atoms with Gasteiger partial charge in [0, 0.05) is 37.3 Å². The Hall–Kier alpha value is -2.89. The lowest BCUT2D eigenvalue weighted by Gasteiger charge is -2.11. The van der Waals surface area contributed by atoms with Gasteiger partial charge in [0.15, 0.2) is 0 Å². The van der Waals surface area contributed by atoms with Crippen LogP contribution in [0.5, 0.6) is 5.75 Å². The minimum atomic E-state index is -0.189. The Bertz CT molecular complexity index is 986. The van der Waals surface area contributed by atoms with Crippen molar-refractivity contribution in [1.82, 2.24) is 14.3 Å². The van der Waals surface area contributed by atoms with Gasteiger partial charge in [0.2, 0.25) is 0 Å². The van der Waals surface area contributed by atoms with Crippen molar-refractivity contribution in [2.45, 2.75) is 0 Å². The minimum Gasteiger partial charge on any atom is -0.496 e. The Morgan fingerprint density at radius 1 is 1.14 bits per heavy atom. The Labute approximate surface area is 126 Å². The minimum absolute atomic E-state index is 0.109. The van der Waals surface area contributed by atoms with Crippen LogP contribution in [0.15, 0.2) is 46.2 Å². The predicted octanol–water partition coefficient (Wildman–Crippen LogP) is 1.31. The summed E-state index contributed by atoms with van der Waals surface area (Å²) in [7, 11) is 4.83. The molecule has 0 amide bonds. The lowest BCUT2D eigenvalue weighted by molar-refractivity contribution is 0.417. The first-order valence-corrected chi connectivity index (χ1v) is 6.72. The summed E-state index contributed by atoms with van der Waals surface area (Å²) >= 11 is 0. The summed E-state index contributed by atoms with van der Waals surface area (Å²) < 4.78 is 8.17. The number of aryl methyl sites for hydroxylation is 2. The second-order valence-electron chi connectivity index (χ2n) is 5.08. The van der Waals surface area contributed by atoms with Crippen LogP contribution in [0, 0.1) is 0 Å². The topological polar surface area (TPSA) is 66.1 Å². The standard InChI is InChI=1S/C16H15N3O3/c1-18-5-4-10(7-15(18)20)12-6-11-9-17-19(2)16(21)13(11)8-14(12)22-3/h4-9H,1-3H3. The van der Waals surface area contributed by atoms with Crippen LogP contribution in [0.2, 0.25) is 0 Å². The maximum absolute atomic E-state index is 12.1. The van der Waals surface area contributed by atoms with E-state index in [-0.39, 0.29) is 11.1 Å². The number of ether oxygens (including phenoxy) is 1. The zero-order valence-corrected chi connectivity index (χ0v) is 12.5. The van der Waals surface area contributed by atoms with Crippen LogP contribution in [0.1, 0.15) is 0 Å². The summed E-state index contributed by atoms with van der Waals surface area (Å²) in [5, 5.41) is 5.26. The lowest BCUT2D eigenvalue weighted by Crippen LogP contribution is -2.19. The zero-order valence-electron chi connectivity index (χ0n) is 12.5. The summed E-state index contributed by atoms with van der Waals surface area (Å²) in [6.07, 6.45) is 3.32. The fourth-order valence-electron chi connectivity index (χ4n) is 2.37. The maximum atomic E-state index is 12.1. The number of benzene rings is 1. The number of hydrogen-bond acceptors (Lipinski definition) is 4. The fraction of sp³-hybridized carbons (Fsp3) is 0.188. The molecule has 0 saturated carbocycles. The number of hydrogen-bond donors (Lipinski definition) is 0. The number of pyridine rings is 1. The third-order valence-electron chi connectivity index (χ3n) is 3.68. The van der Waals surface area contributed by atoms with Crippen LogP contribution >= 0.6 is 0 Å². The van der Waals surface area contributed by atoms with Gasteiger partial charge in [0.05, 0.1) is 18.7 Å². The van der Waals surface area contributed by atoms with Gasteiger partial charge in [0.25, 0.3) is 11.1 Å². The number of fused-ring (bicyclic) bond motifs is 1. The Morgan fingerprint density at radius 2 is 1.91 bits per heavy atom. The molecule has 3 rings (SSSR count). The lowest BCUT2D eigenvalue weighted by atomic mass is 10.0. The molecule has 0 unspecified atom stereocenters. The maximum Gasteiger partial charge on any atom is 0.274 e. The van der Waals surface area contributed by atoms with Gasteiger partial charge in [-0.2, -0.15) is 5.10 Å². The van der Waals surface area contributed by atoms with Gasteiger partial charge in [-0.1, -0.05) is 0 Å². The van der Waals surface area contributed by atoms with Gasteiger partial charge in [-0.05, 0) is 23.8 Å². The highest BCUT2D eigenvalue weighted by Crippen LogP contribution is 2.32. The third kappa shape index (κ3) is 2.18. The van der Waals surface area contributed by atoms with E-state index in [1.54, 1.807) is 32.6 Å². The molecule has 0 aliphatic rings. The van der Waals surface area contributed by atoms with Crippen molar-refractivity contribution in [2.75, 3.05) is 7.11 Å². The number of aromatic nitrogens is 3. The van der Waals surface area contributed by atoms with E-state index in [9.17, 15) is 9.59 Å². The molecule has 3 aromatic rings. The monoisotopic (exact) mass is 297 g/mol.